The van der Waals surface area contributed by atoms with Crippen molar-refractivity contribution in [3.63, 3.8) is 0 Å². The molecule has 2 aromatic rings. The van der Waals surface area contributed by atoms with E-state index in [1.54, 1.807) is 13.2 Å². The Morgan fingerprint density at radius 1 is 1.23 bits per heavy atom. The van der Waals surface area contributed by atoms with Crippen molar-refractivity contribution >= 4 is 23.3 Å². The third-order valence-electron chi connectivity index (χ3n) is 4.33. The van der Waals surface area contributed by atoms with Crippen molar-refractivity contribution in [1.82, 2.24) is 4.57 Å². The van der Waals surface area contributed by atoms with Crippen LogP contribution >= 0.6 is 0 Å². The van der Waals surface area contributed by atoms with Crippen LogP contribution in [0.5, 0.6) is 0 Å². The summed E-state index contributed by atoms with van der Waals surface area (Å²) in [4.78, 5) is 35.7. The number of aryl methyl sites for hydroxylation is 1. The van der Waals surface area contributed by atoms with Gasteiger partial charge in [-0.05, 0) is 37.0 Å². The summed E-state index contributed by atoms with van der Waals surface area (Å²) in [7, 11) is 1.64. The van der Waals surface area contributed by atoms with Crippen LogP contribution in [0.4, 0.5) is 5.69 Å². The van der Waals surface area contributed by atoms with Gasteiger partial charge in [-0.25, -0.2) is 4.79 Å². The zero-order valence-electron chi connectivity index (χ0n) is 15.5. The van der Waals surface area contributed by atoms with Crippen LogP contribution in [0.15, 0.2) is 36.5 Å². The molecule has 0 radical (unpaired) electrons. The number of nitrogens with one attached hydrogen (secondary N) is 1. The zero-order valence-corrected chi connectivity index (χ0v) is 15.5. The van der Waals surface area contributed by atoms with E-state index in [0.717, 1.165) is 17.7 Å². The second kappa shape index (κ2) is 8.47. The topological polar surface area (TPSA) is 77.4 Å². The molecule has 1 amide bonds. The number of hydrogen-bond donors (Lipinski definition) is 1. The lowest BCUT2D eigenvalue weighted by Gasteiger charge is -2.15. The minimum absolute atomic E-state index is 0.140. The molecule has 0 unspecified atom stereocenters. The van der Waals surface area contributed by atoms with E-state index in [2.05, 4.69) is 19.2 Å². The number of carbonyl (C=O) groups is 3. The van der Waals surface area contributed by atoms with Gasteiger partial charge in [-0.1, -0.05) is 32.0 Å². The van der Waals surface area contributed by atoms with Crippen LogP contribution < -0.4 is 5.32 Å². The maximum Gasteiger partial charge on any atom is 0.355 e. The maximum atomic E-state index is 12.2. The first-order valence-electron chi connectivity index (χ1n) is 8.56. The Hall–Kier alpha value is -2.89. The maximum absolute atomic E-state index is 12.2. The number of amides is 1. The molecule has 2 rings (SSSR count). The second-order valence-corrected chi connectivity index (χ2v) is 6.30. The molecular weight excluding hydrogens is 332 g/mol. The van der Waals surface area contributed by atoms with Crippen molar-refractivity contribution < 1.29 is 19.1 Å². The van der Waals surface area contributed by atoms with Crippen molar-refractivity contribution in [2.75, 3.05) is 11.9 Å². The molecule has 0 bridgehead atoms. The van der Waals surface area contributed by atoms with Gasteiger partial charge < -0.3 is 14.6 Å². The molecule has 0 fully saturated rings. The van der Waals surface area contributed by atoms with Gasteiger partial charge >= 0.3 is 5.97 Å². The quantitative estimate of drug-likeness (QED) is 0.608. The Labute approximate surface area is 153 Å². The van der Waals surface area contributed by atoms with Gasteiger partial charge in [0.2, 0.25) is 0 Å². The summed E-state index contributed by atoms with van der Waals surface area (Å²) in [6.45, 7) is 5.20. The molecule has 0 aliphatic heterocycles. The summed E-state index contributed by atoms with van der Waals surface area (Å²) in [6, 6.07) is 9.04. The molecule has 6 heteroatoms. The Bertz CT molecular complexity index is 823. The average Bonchev–Trinajstić information content (AvgIpc) is 3.01. The molecule has 0 aliphatic rings. The minimum atomic E-state index is -0.648. The Balaban J connectivity index is 1.99. The Kier molecular flexibility index (Phi) is 6.33. The fourth-order valence-electron chi connectivity index (χ4n) is 2.61. The van der Waals surface area contributed by atoms with Crippen LogP contribution in [-0.4, -0.2) is 28.8 Å². The Morgan fingerprint density at radius 2 is 1.92 bits per heavy atom. The fourth-order valence-corrected chi connectivity index (χ4v) is 2.61. The van der Waals surface area contributed by atoms with E-state index in [9.17, 15) is 14.4 Å². The third kappa shape index (κ3) is 4.59. The smallest absolute Gasteiger partial charge is 0.355 e. The lowest BCUT2D eigenvalue weighted by molar-refractivity contribution is -0.119. The number of ketones is 1. The summed E-state index contributed by atoms with van der Waals surface area (Å²) < 4.78 is 6.59. The highest BCUT2D eigenvalue weighted by atomic mass is 16.5. The summed E-state index contributed by atoms with van der Waals surface area (Å²) in [5, 5.41) is 2.79. The first kappa shape index (κ1) is 19.4. The van der Waals surface area contributed by atoms with Crippen molar-refractivity contribution in [2.45, 2.75) is 33.1 Å². The highest BCUT2D eigenvalue weighted by Gasteiger charge is 2.17. The number of carbonyl (C=O) groups excluding carboxylic acids is 3. The third-order valence-corrected chi connectivity index (χ3v) is 4.33. The predicted octanol–water partition coefficient (Wildman–Crippen LogP) is 3.54. The van der Waals surface area contributed by atoms with Crippen LogP contribution in [0, 0.1) is 0 Å². The van der Waals surface area contributed by atoms with Gasteiger partial charge in [0.1, 0.15) is 5.69 Å². The van der Waals surface area contributed by atoms with E-state index in [0.29, 0.717) is 11.5 Å². The number of aromatic nitrogens is 1. The molecule has 1 aromatic carbocycles. The minimum Gasteiger partial charge on any atom is -0.451 e. The van der Waals surface area contributed by atoms with Crippen LogP contribution in [0.3, 0.4) is 0 Å². The van der Waals surface area contributed by atoms with E-state index in [1.807, 2.05) is 24.3 Å². The molecule has 0 spiro atoms. The van der Waals surface area contributed by atoms with Crippen molar-refractivity contribution in [3.8, 4) is 0 Å². The summed E-state index contributed by atoms with van der Waals surface area (Å²) in [5.41, 5.74) is 2.42. The largest absolute Gasteiger partial charge is 0.451 e. The molecule has 0 saturated heterocycles. The van der Waals surface area contributed by atoms with E-state index >= 15 is 0 Å². The number of ether oxygens (including phenoxy) is 1. The molecule has 0 saturated carbocycles. The molecule has 138 valence electrons. The number of esters is 1. The highest BCUT2D eigenvalue weighted by Crippen LogP contribution is 2.26. The molecule has 6 nitrogen and oxygen atoms in total. The van der Waals surface area contributed by atoms with Crippen LogP contribution in [0.25, 0.3) is 0 Å². The standard InChI is InChI=1S/C20H24N2O4/c1-5-13(2)16-8-6-7-9-17(16)21-19(24)12-26-20(25)18-10-15(14(3)23)11-22(18)4/h6-11,13H,5,12H2,1-4H3,(H,21,24)/t13-/m1/s1. The zero-order chi connectivity index (χ0) is 19.3. The molecular formula is C20H24N2O4. The predicted molar refractivity (Wildman–Crippen MR) is 99.5 cm³/mol. The number of anilines is 1. The first-order valence-corrected chi connectivity index (χ1v) is 8.56. The van der Waals surface area contributed by atoms with Gasteiger partial charge in [0.25, 0.3) is 5.91 Å². The monoisotopic (exact) mass is 356 g/mol. The van der Waals surface area contributed by atoms with Crippen molar-refractivity contribution in [3.05, 3.63) is 53.3 Å². The lowest BCUT2D eigenvalue weighted by atomic mass is 9.97. The number of para-hydroxylation sites is 1. The van der Waals surface area contributed by atoms with Crippen molar-refractivity contribution in [1.29, 1.82) is 0 Å². The molecule has 1 heterocycles. The summed E-state index contributed by atoms with van der Waals surface area (Å²) >= 11 is 0. The summed E-state index contributed by atoms with van der Waals surface area (Å²) in [5.74, 6) is -0.887. The van der Waals surface area contributed by atoms with E-state index in [4.69, 9.17) is 4.74 Å². The molecule has 1 N–H and O–H groups in total. The second-order valence-electron chi connectivity index (χ2n) is 6.30. The first-order chi connectivity index (χ1) is 12.3. The highest BCUT2D eigenvalue weighted by molar-refractivity contribution is 5.99. The number of hydrogen-bond acceptors (Lipinski definition) is 4. The normalized spacial score (nSPS) is 11.7. The van der Waals surface area contributed by atoms with E-state index < -0.39 is 18.5 Å². The Morgan fingerprint density at radius 3 is 2.54 bits per heavy atom. The molecule has 1 atom stereocenters. The number of nitrogens with zero attached hydrogens (tertiary/aromatic N) is 1. The van der Waals surface area contributed by atoms with E-state index in [-0.39, 0.29) is 11.5 Å². The SMILES string of the molecule is CC[C@@H](C)c1ccccc1NC(=O)COC(=O)c1cc(C(C)=O)cn1C. The number of Topliss-reactive ketones (excluding diaryl/α,β-unsaturated/α-hetero) is 1. The van der Waals surface area contributed by atoms with Gasteiger partial charge in [0.15, 0.2) is 12.4 Å². The van der Waals surface area contributed by atoms with E-state index in [1.165, 1.54) is 17.6 Å². The summed E-state index contributed by atoms with van der Waals surface area (Å²) in [6.07, 6.45) is 2.51. The van der Waals surface area contributed by atoms with Crippen molar-refractivity contribution in [2.24, 2.45) is 7.05 Å². The van der Waals surface area contributed by atoms with Crippen LogP contribution in [-0.2, 0) is 16.6 Å². The van der Waals surface area contributed by atoms with Crippen LogP contribution in [0.2, 0.25) is 0 Å². The van der Waals surface area contributed by atoms with Gasteiger partial charge in [0.05, 0.1) is 0 Å². The lowest BCUT2D eigenvalue weighted by Crippen LogP contribution is -2.22. The average molecular weight is 356 g/mol. The van der Waals surface area contributed by atoms with Gasteiger partial charge in [-0.3, -0.25) is 9.59 Å². The number of benzene rings is 1. The van der Waals surface area contributed by atoms with Gasteiger partial charge in [-0.15, -0.1) is 0 Å². The van der Waals surface area contributed by atoms with Gasteiger partial charge in [-0.2, -0.15) is 0 Å². The molecule has 26 heavy (non-hydrogen) atoms. The fraction of sp³-hybridized carbons (Fsp3) is 0.350. The van der Waals surface area contributed by atoms with Gasteiger partial charge in [0, 0.05) is 24.5 Å². The molecule has 1 aromatic heterocycles. The number of rotatable bonds is 7. The van der Waals surface area contributed by atoms with Crippen LogP contribution in [0.1, 0.15) is 59.5 Å². The molecule has 0 aliphatic carbocycles.